The van der Waals surface area contributed by atoms with Crippen LogP contribution in [0.1, 0.15) is 59.9 Å². The normalized spacial score (nSPS) is 15.1. The summed E-state index contributed by atoms with van der Waals surface area (Å²) in [5.74, 6) is -0.177. The molecule has 0 N–H and O–H groups in total. The summed E-state index contributed by atoms with van der Waals surface area (Å²) in [4.78, 5) is 12.3. The van der Waals surface area contributed by atoms with E-state index in [0.29, 0.717) is 6.42 Å². The van der Waals surface area contributed by atoms with Crippen LogP contribution in [0.25, 0.3) is 0 Å². The predicted molar refractivity (Wildman–Crippen MR) is 107 cm³/mol. The average Bonchev–Trinajstić information content (AvgIpc) is 2.43. The van der Waals surface area contributed by atoms with E-state index in [0.717, 1.165) is 12.8 Å². The Hall–Kier alpha value is -1.13. The minimum Gasteiger partial charge on any atom is -0.463 e. The summed E-state index contributed by atoms with van der Waals surface area (Å²) in [5.41, 5.74) is 0.759. The Morgan fingerprint density at radius 2 is 1.64 bits per heavy atom. The summed E-state index contributed by atoms with van der Waals surface area (Å²) in [6, 6.07) is 10.4. The maximum absolute atomic E-state index is 12.3. The lowest BCUT2D eigenvalue weighted by atomic mass is 9.93. The topological polar surface area (TPSA) is 35.5 Å². The summed E-state index contributed by atoms with van der Waals surface area (Å²) >= 11 is 0. The number of ether oxygens (including phenoxy) is 1. The van der Waals surface area contributed by atoms with Crippen LogP contribution in [0.15, 0.2) is 30.3 Å². The van der Waals surface area contributed by atoms with E-state index in [9.17, 15) is 4.79 Å². The Balaban J connectivity index is 2.93. The lowest BCUT2D eigenvalue weighted by molar-refractivity contribution is -0.152. The molecule has 1 unspecified atom stereocenters. The molecule has 1 rings (SSSR count). The first kappa shape index (κ1) is 21.9. The van der Waals surface area contributed by atoms with Gasteiger partial charge >= 0.3 is 5.97 Å². The van der Waals surface area contributed by atoms with E-state index in [2.05, 4.69) is 52.9 Å². The Morgan fingerprint density at radius 1 is 1.08 bits per heavy atom. The number of benzene rings is 1. The van der Waals surface area contributed by atoms with Crippen molar-refractivity contribution in [2.75, 3.05) is 0 Å². The van der Waals surface area contributed by atoms with Crippen LogP contribution in [0.4, 0.5) is 0 Å². The van der Waals surface area contributed by atoms with E-state index in [1.807, 2.05) is 32.0 Å². The standard InChI is InChI=1S/C21H36O3Si/c1-17(2)23-19(22)16-21(6,24-25(7,8)20(3,4)5)15-14-18-12-10-9-11-13-18/h9-13,17H,14-16H2,1-8H3. The van der Waals surface area contributed by atoms with Gasteiger partial charge in [0.05, 0.1) is 18.1 Å². The number of hydrogen-bond donors (Lipinski definition) is 0. The van der Waals surface area contributed by atoms with Crippen molar-refractivity contribution in [3.05, 3.63) is 35.9 Å². The number of hydrogen-bond acceptors (Lipinski definition) is 3. The molecule has 3 nitrogen and oxygen atoms in total. The quantitative estimate of drug-likeness (QED) is 0.436. The van der Waals surface area contributed by atoms with Crippen molar-refractivity contribution in [3.63, 3.8) is 0 Å². The number of carbonyl (C=O) groups is 1. The molecule has 0 aliphatic rings. The lowest BCUT2D eigenvalue weighted by Gasteiger charge is -2.44. The van der Waals surface area contributed by atoms with Gasteiger partial charge in [-0.2, -0.15) is 0 Å². The molecular formula is C21H36O3Si. The molecule has 0 aliphatic heterocycles. The maximum Gasteiger partial charge on any atom is 0.308 e. The fourth-order valence-corrected chi connectivity index (χ4v) is 4.32. The van der Waals surface area contributed by atoms with Gasteiger partial charge in [0.15, 0.2) is 8.32 Å². The molecule has 4 heteroatoms. The van der Waals surface area contributed by atoms with Crippen molar-refractivity contribution in [2.24, 2.45) is 0 Å². The third kappa shape index (κ3) is 7.33. The highest BCUT2D eigenvalue weighted by molar-refractivity contribution is 6.74. The molecule has 0 bridgehead atoms. The summed E-state index contributed by atoms with van der Waals surface area (Å²) in [6.07, 6.45) is 1.89. The molecule has 0 aromatic heterocycles. The minimum absolute atomic E-state index is 0.0984. The molecule has 1 aromatic rings. The number of esters is 1. The average molecular weight is 365 g/mol. The van der Waals surface area contributed by atoms with Crippen molar-refractivity contribution in [3.8, 4) is 0 Å². The van der Waals surface area contributed by atoms with Crippen molar-refractivity contribution < 1.29 is 14.0 Å². The van der Waals surface area contributed by atoms with Gasteiger partial charge in [0, 0.05) is 0 Å². The largest absolute Gasteiger partial charge is 0.463 e. The van der Waals surface area contributed by atoms with Gasteiger partial charge in [-0.15, -0.1) is 0 Å². The van der Waals surface area contributed by atoms with Crippen molar-refractivity contribution >= 4 is 14.3 Å². The fraction of sp³-hybridized carbons (Fsp3) is 0.667. The number of rotatable bonds is 8. The van der Waals surface area contributed by atoms with E-state index in [1.54, 1.807) is 0 Å². The fourth-order valence-electron chi connectivity index (χ4n) is 2.61. The molecule has 142 valence electrons. The van der Waals surface area contributed by atoms with Gasteiger partial charge in [-0.25, -0.2) is 0 Å². The number of aryl methyl sites for hydroxylation is 1. The summed E-state index contributed by atoms with van der Waals surface area (Å²) in [5, 5.41) is 0.100. The Bertz CT molecular complexity index is 546. The van der Waals surface area contributed by atoms with E-state index in [-0.39, 0.29) is 17.1 Å². The molecule has 0 heterocycles. The van der Waals surface area contributed by atoms with Crippen LogP contribution in [0.2, 0.25) is 18.1 Å². The van der Waals surface area contributed by atoms with Crippen LogP contribution in [-0.2, 0) is 20.4 Å². The van der Waals surface area contributed by atoms with Gasteiger partial charge in [-0.05, 0) is 57.3 Å². The zero-order chi connectivity index (χ0) is 19.3. The SMILES string of the molecule is CC(C)OC(=O)CC(C)(CCc1ccccc1)O[Si](C)(C)C(C)(C)C. The molecule has 25 heavy (non-hydrogen) atoms. The highest BCUT2D eigenvalue weighted by Crippen LogP contribution is 2.41. The Morgan fingerprint density at radius 3 is 2.12 bits per heavy atom. The van der Waals surface area contributed by atoms with Gasteiger partial charge < -0.3 is 9.16 Å². The van der Waals surface area contributed by atoms with E-state index in [1.165, 1.54) is 5.56 Å². The Kier molecular flexibility index (Phi) is 7.45. The first-order valence-electron chi connectivity index (χ1n) is 9.28. The predicted octanol–water partition coefficient (Wildman–Crippen LogP) is 5.74. The van der Waals surface area contributed by atoms with Gasteiger partial charge in [0.25, 0.3) is 0 Å². The zero-order valence-electron chi connectivity index (χ0n) is 17.3. The van der Waals surface area contributed by atoms with Crippen molar-refractivity contribution in [2.45, 2.75) is 90.6 Å². The third-order valence-electron chi connectivity index (χ3n) is 4.98. The van der Waals surface area contributed by atoms with Gasteiger partial charge in [0.1, 0.15) is 0 Å². The Labute approximate surface area is 155 Å². The second-order valence-corrected chi connectivity index (χ2v) is 13.7. The lowest BCUT2D eigenvalue weighted by Crippen LogP contribution is -2.49. The van der Waals surface area contributed by atoms with Crippen LogP contribution < -0.4 is 0 Å². The second-order valence-electron chi connectivity index (χ2n) is 9.01. The molecule has 0 radical (unpaired) electrons. The van der Waals surface area contributed by atoms with Crippen LogP contribution in [0.5, 0.6) is 0 Å². The summed E-state index contributed by atoms with van der Waals surface area (Å²) < 4.78 is 12.1. The van der Waals surface area contributed by atoms with Crippen LogP contribution in [0.3, 0.4) is 0 Å². The summed E-state index contributed by atoms with van der Waals surface area (Å²) in [7, 11) is -1.99. The van der Waals surface area contributed by atoms with Crippen LogP contribution in [0, 0.1) is 0 Å². The zero-order valence-corrected chi connectivity index (χ0v) is 18.3. The number of carbonyl (C=O) groups excluding carboxylic acids is 1. The first-order chi connectivity index (χ1) is 11.3. The third-order valence-corrected chi connectivity index (χ3v) is 9.59. The molecule has 1 aromatic carbocycles. The highest BCUT2D eigenvalue weighted by atomic mass is 28.4. The summed E-state index contributed by atoms with van der Waals surface area (Å²) in [6.45, 7) is 17.0. The highest BCUT2D eigenvalue weighted by Gasteiger charge is 2.43. The van der Waals surface area contributed by atoms with E-state index < -0.39 is 13.9 Å². The monoisotopic (exact) mass is 364 g/mol. The maximum atomic E-state index is 12.3. The molecule has 1 atom stereocenters. The molecule has 0 fully saturated rings. The molecule has 0 spiro atoms. The van der Waals surface area contributed by atoms with Crippen molar-refractivity contribution in [1.29, 1.82) is 0 Å². The molecule has 0 saturated carbocycles. The minimum atomic E-state index is -1.99. The van der Waals surface area contributed by atoms with Gasteiger partial charge in [0.2, 0.25) is 0 Å². The van der Waals surface area contributed by atoms with Gasteiger partial charge in [-0.1, -0.05) is 51.1 Å². The van der Waals surface area contributed by atoms with Crippen LogP contribution in [-0.4, -0.2) is 26.0 Å². The molecule has 0 aliphatic carbocycles. The van der Waals surface area contributed by atoms with Crippen LogP contribution >= 0.6 is 0 Å². The smallest absolute Gasteiger partial charge is 0.308 e. The van der Waals surface area contributed by atoms with E-state index in [4.69, 9.17) is 9.16 Å². The molecule has 0 saturated heterocycles. The van der Waals surface area contributed by atoms with Crippen molar-refractivity contribution in [1.82, 2.24) is 0 Å². The molecular weight excluding hydrogens is 328 g/mol. The van der Waals surface area contributed by atoms with Gasteiger partial charge in [-0.3, -0.25) is 4.79 Å². The second kappa shape index (κ2) is 8.50. The van der Waals surface area contributed by atoms with E-state index >= 15 is 0 Å². The molecule has 0 amide bonds. The first-order valence-corrected chi connectivity index (χ1v) is 12.2.